The minimum atomic E-state index is -0.559. The normalized spacial score (nSPS) is 23.0. The molecular formula is C21H21N5O2. The summed E-state index contributed by atoms with van der Waals surface area (Å²) in [4.78, 5) is 26.6. The van der Waals surface area contributed by atoms with Crippen LogP contribution in [-0.2, 0) is 5.41 Å². The van der Waals surface area contributed by atoms with Gasteiger partial charge >= 0.3 is 0 Å². The standard InChI is InChI=1S/C21H21N5O2/c27-19-18(26-10-7-22-14-26)16-3-1-2-4-17(16)21(19)5-8-25(9-6-21)20(28)15-11-23-13-24-12-15/h1-4,7,10-14,18-19,27H,5-6,8-9H2/t18-,19+/m1/s1. The number of likely N-dealkylation sites (tertiary alicyclic amines) is 1. The molecule has 2 atom stereocenters. The van der Waals surface area contributed by atoms with E-state index in [4.69, 9.17) is 0 Å². The Morgan fingerprint density at radius 3 is 2.57 bits per heavy atom. The first-order valence-electron chi connectivity index (χ1n) is 9.50. The van der Waals surface area contributed by atoms with E-state index < -0.39 is 6.10 Å². The number of aliphatic hydroxyl groups is 1. The van der Waals surface area contributed by atoms with Gasteiger partial charge < -0.3 is 14.6 Å². The van der Waals surface area contributed by atoms with Crippen LogP contribution in [0.25, 0.3) is 0 Å². The van der Waals surface area contributed by atoms with Crippen LogP contribution in [0.15, 0.2) is 61.7 Å². The van der Waals surface area contributed by atoms with Crippen LogP contribution in [0.2, 0.25) is 0 Å². The zero-order valence-corrected chi connectivity index (χ0v) is 15.3. The number of carbonyl (C=O) groups excluding carboxylic acids is 1. The molecule has 3 heterocycles. The van der Waals surface area contributed by atoms with Gasteiger partial charge in [0.2, 0.25) is 0 Å². The Labute approximate surface area is 162 Å². The second kappa shape index (κ2) is 6.53. The van der Waals surface area contributed by atoms with Gasteiger partial charge in [0.05, 0.1) is 24.0 Å². The average Bonchev–Trinajstić information content (AvgIpc) is 3.35. The third-order valence-corrected chi connectivity index (χ3v) is 6.28. The first kappa shape index (κ1) is 17.1. The van der Waals surface area contributed by atoms with E-state index in [1.54, 1.807) is 24.9 Å². The molecule has 1 aromatic carbocycles. The fourth-order valence-electron chi connectivity index (χ4n) is 4.86. The van der Waals surface area contributed by atoms with Crippen LogP contribution in [0.1, 0.15) is 40.4 Å². The molecule has 142 valence electrons. The first-order valence-corrected chi connectivity index (χ1v) is 9.50. The molecule has 0 unspecified atom stereocenters. The van der Waals surface area contributed by atoms with Crippen molar-refractivity contribution >= 4 is 5.91 Å². The lowest BCUT2D eigenvalue weighted by Crippen LogP contribution is -2.50. The van der Waals surface area contributed by atoms with Gasteiger partial charge in [-0.25, -0.2) is 15.0 Å². The summed E-state index contributed by atoms with van der Waals surface area (Å²) in [5.74, 6) is -0.0534. The number of fused-ring (bicyclic) bond motifs is 2. The van der Waals surface area contributed by atoms with Gasteiger partial charge in [-0.05, 0) is 24.0 Å². The van der Waals surface area contributed by atoms with E-state index in [-0.39, 0.29) is 17.4 Å². The summed E-state index contributed by atoms with van der Waals surface area (Å²) in [5, 5.41) is 11.4. The number of hydrogen-bond acceptors (Lipinski definition) is 5. The lowest BCUT2D eigenvalue weighted by Gasteiger charge is -2.42. The Morgan fingerprint density at radius 2 is 1.86 bits per heavy atom. The third-order valence-electron chi connectivity index (χ3n) is 6.28. The molecule has 1 amide bonds. The van der Waals surface area contributed by atoms with Crippen molar-refractivity contribution in [2.24, 2.45) is 0 Å². The third kappa shape index (κ3) is 2.46. The Balaban J connectivity index is 1.44. The van der Waals surface area contributed by atoms with Gasteiger partial charge in [-0.2, -0.15) is 0 Å². The zero-order chi connectivity index (χ0) is 19.1. The monoisotopic (exact) mass is 375 g/mol. The van der Waals surface area contributed by atoms with Crippen LogP contribution in [0.3, 0.4) is 0 Å². The number of hydrogen-bond donors (Lipinski definition) is 1. The van der Waals surface area contributed by atoms with E-state index in [2.05, 4.69) is 27.1 Å². The lowest BCUT2D eigenvalue weighted by atomic mass is 9.72. The van der Waals surface area contributed by atoms with E-state index in [0.29, 0.717) is 18.7 Å². The predicted molar refractivity (Wildman–Crippen MR) is 102 cm³/mol. The van der Waals surface area contributed by atoms with Gasteiger partial charge in [-0.15, -0.1) is 0 Å². The molecule has 1 spiro atoms. The van der Waals surface area contributed by atoms with Gasteiger partial charge in [-0.1, -0.05) is 24.3 Å². The van der Waals surface area contributed by atoms with Gasteiger partial charge in [0.25, 0.3) is 5.91 Å². The van der Waals surface area contributed by atoms with Crippen molar-refractivity contribution in [3.8, 4) is 0 Å². The highest BCUT2D eigenvalue weighted by Crippen LogP contribution is 2.52. The maximum absolute atomic E-state index is 12.8. The van der Waals surface area contributed by atoms with Crippen molar-refractivity contribution in [1.82, 2.24) is 24.4 Å². The van der Waals surface area contributed by atoms with E-state index in [1.165, 1.54) is 11.9 Å². The number of imidazole rings is 1. The summed E-state index contributed by atoms with van der Waals surface area (Å²) in [6, 6.07) is 8.11. The first-order chi connectivity index (χ1) is 13.7. The van der Waals surface area contributed by atoms with Crippen LogP contribution >= 0.6 is 0 Å². The Hall–Kier alpha value is -3.06. The number of rotatable bonds is 2. The summed E-state index contributed by atoms with van der Waals surface area (Å²) in [6.07, 6.45) is 10.8. The minimum Gasteiger partial charge on any atom is -0.390 e. The summed E-state index contributed by atoms with van der Waals surface area (Å²) in [7, 11) is 0. The van der Waals surface area contributed by atoms with E-state index in [9.17, 15) is 9.90 Å². The highest BCUT2D eigenvalue weighted by molar-refractivity contribution is 5.93. The molecule has 2 aromatic heterocycles. The SMILES string of the molecule is O=C(c1cncnc1)N1CCC2(CC1)c1ccccc1[C@@H](n1ccnc1)[C@@H]2O. The van der Waals surface area contributed by atoms with Gasteiger partial charge in [0.15, 0.2) is 0 Å². The summed E-state index contributed by atoms with van der Waals surface area (Å²) >= 11 is 0. The molecule has 28 heavy (non-hydrogen) atoms. The van der Waals surface area contributed by atoms with E-state index in [0.717, 1.165) is 18.4 Å². The minimum absolute atomic E-state index is 0.0534. The van der Waals surface area contributed by atoms with Crippen molar-refractivity contribution in [3.05, 3.63) is 78.4 Å². The van der Waals surface area contributed by atoms with Crippen LogP contribution in [0.5, 0.6) is 0 Å². The number of nitrogens with zero attached hydrogens (tertiary/aromatic N) is 5. The molecule has 5 rings (SSSR count). The van der Waals surface area contributed by atoms with Crippen molar-refractivity contribution in [1.29, 1.82) is 0 Å². The molecule has 1 fully saturated rings. The van der Waals surface area contributed by atoms with Crippen LogP contribution in [0.4, 0.5) is 0 Å². The van der Waals surface area contributed by atoms with Crippen molar-refractivity contribution < 1.29 is 9.90 Å². The fraction of sp³-hybridized carbons (Fsp3) is 0.333. The fourth-order valence-corrected chi connectivity index (χ4v) is 4.86. The van der Waals surface area contributed by atoms with Crippen LogP contribution < -0.4 is 0 Å². The molecule has 0 bridgehead atoms. The number of piperidine rings is 1. The van der Waals surface area contributed by atoms with E-state index >= 15 is 0 Å². The summed E-state index contributed by atoms with van der Waals surface area (Å²) < 4.78 is 1.98. The number of carbonyl (C=O) groups is 1. The molecular weight excluding hydrogens is 354 g/mol. The molecule has 3 aromatic rings. The second-order valence-corrected chi connectivity index (χ2v) is 7.56. The molecule has 1 saturated heterocycles. The quantitative estimate of drug-likeness (QED) is 0.739. The molecule has 0 radical (unpaired) electrons. The van der Waals surface area contributed by atoms with Crippen LogP contribution in [0, 0.1) is 0 Å². The predicted octanol–water partition coefficient (Wildman–Crippen LogP) is 1.81. The number of amides is 1. The molecule has 1 aliphatic carbocycles. The molecule has 2 aliphatic rings. The van der Waals surface area contributed by atoms with Crippen molar-refractivity contribution in [2.75, 3.05) is 13.1 Å². The lowest BCUT2D eigenvalue weighted by molar-refractivity contribution is 0.0208. The van der Waals surface area contributed by atoms with Crippen molar-refractivity contribution in [3.63, 3.8) is 0 Å². The number of aromatic nitrogens is 4. The average molecular weight is 375 g/mol. The Kier molecular flexibility index (Phi) is 3.98. The molecule has 0 saturated carbocycles. The summed E-state index contributed by atoms with van der Waals surface area (Å²) in [5.41, 5.74) is 2.48. The van der Waals surface area contributed by atoms with E-state index in [1.807, 2.05) is 27.8 Å². The van der Waals surface area contributed by atoms with Crippen LogP contribution in [-0.4, -0.2) is 54.6 Å². The maximum Gasteiger partial charge on any atom is 0.256 e. The largest absolute Gasteiger partial charge is 0.390 e. The number of aliphatic hydroxyl groups excluding tert-OH is 1. The Morgan fingerprint density at radius 1 is 1.11 bits per heavy atom. The summed E-state index contributed by atoms with van der Waals surface area (Å²) in [6.45, 7) is 1.19. The highest BCUT2D eigenvalue weighted by Gasteiger charge is 2.53. The Bertz CT molecular complexity index is 981. The van der Waals surface area contributed by atoms with Gasteiger partial charge in [0, 0.05) is 43.3 Å². The number of benzene rings is 1. The second-order valence-electron chi connectivity index (χ2n) is 7.56. The van der Waals surface area contributed by atoms with Gasteiger partial charge in [0.1, 0.15) is 6.33 Å². The molecule has 1 aliphatic heterocycles. The zero-order valence-electron chi connectivity index (χ0n) is 15.3. The van der Waals surface area contributed by atoms with Gasteiger partial charge in [-0.3, -0.25) is 4.79 Å². The highest BCUT2D eigenvalue weighted by atomic mass is 16.3. The molecule has 1 N–H and O–H groups in total. The maximum atomic E-state index is 12.8. The smallest absolute Gasteiger partial charge is 0.256 e. The topological polar surface area (TPSA) is 84.1 Å². The van der Waals surface area contributed by atoms with Crippen molar-refractivity contribution in [2.45, 2.75) is 30.4 Å². The molecule has 7 heteroatoms. The molecule has 7 nitrogen and oxygen atoms in total.